The van der Waals surface area contributed by atoms with E-state index >= 15 is 0 Å². The maximum Gasteiger partial charge on any atom is 0.308 e. The number of carboxylic acid groups (broad SMARTS) is 1. The molecule has 10 nitrogen and oxygen atoms in total. The molecule has 3 aliphatic rings. The zero-order chi connectivity index (χ0) is 30.5. The van der Waals surface area contributed by atoms with Crippen LogP contribution in [0.4, 0.5) is 0 Å². The lowest BCUT2D eigenvalue weighted by Gasteiger charge is -2.30. The minimum atomic E-state index is -0.925. The molecular weight excluding hydrogens is 550 g/mol. The third-order valence-electron chi connectivity index (χ3n) is 8.99. The van der Waals surface area contributed by atoms with Crippen molar-refractivity contribution in [3.63, 3.8) is 0 Å². The van der Waals surface area contributed by atoms with Gasteiger partial charge < -0.3 is 29.1 Å². The lowest BCUT2D eigenvalue weighted by molar-refractivity contribution is -0.144. The van der Waals surface area contributed by atoms with Crippen molar-refractivity contribution in [2.24, 2.45) is 5.92 Å². The Balaban J connectivity index is 1.42. The van der Waals surface area contributed by atoms with Crippen molar-refractivity contribution in [2.75, 3.05) is 46.6 Å². The first-order valence-electron chi connectivity index (χ1n) is 15.5. The molecule has 10 heteroatoms. The van der Waals surface area contributed by atoms with E-state index < -0.39 is 23.8 Å². The summed E-state index contributed by atoms with van der Waals surface area (Å²) >= 11 is 0. The molecule has 43 heavy (non-hydrogen) atoms. The Bertz CT molecular complexity index is 1320. The number of unbranched alkanes of at least 4 members (excludes halogenated alkanes) is 2. The molecule has 0 saturated carbocycles. The van der Waals surface area contributed by atoms with E-state index in [-0.39, 0.29) is 25.2 Å². The SMILES string of the molecule is CCCCN(CCCC)C(=O)CN1C[C@H](c2cc(OC)c3c(c2)OCO3)[C@@H](C(=O)O)[C@@H]1CCN1Cc2ccccc2C1=O. The summed E-state index contributed by atoms with van der Waals surface area (Å²) in [5, 5.41) is 10.6. The van der Waals surface area contributed by atoms with Crippen molar-refractivity contribution in [1.82, 2.24) is 14.7 Å². The largest absolute Gasteiger partial charge is 0.493 e. The molecule has 232 valence electrons. The van der Waals surface area contributed by atoms with E-state index in [0.29, 0.717) is 62.0 Å². The minimum absolute atomic E-state index is 0.0182. The fourth-order valence-corrected chi connectivity index (χ4v) is 6.67. The Kier molecular flexibility index (Phi) is 9.75. The Morgan fingerprint density at radius 2 is 1.84 bits per heavy atom. The van der Waals surface area contributed by atoms with Gasteiger partial charge in [0.25, 0.3) is 5.91 Å². The van der Waals surface area contributed by atoms with E-state index in [1.165, 1.54) is 0 Å². The van der Waals surface area contributed by atoms with Gasteiger partial charge >= 0.3 is 5.97 Å². The zero-order valence-corrected chi connectivity index (χ0v) is 25.4. The molecule has 0 bridgehead atoms. The molecule has 1 fully saturated rings. The Hall–Kier alpha value is -3.79. The van der Waals surface area contributed by atoms with Gasteiger partial charge in [-0.1, -0.05) is 44.9 Å². The number of rotatable bonds is 14. The summed E-state index contributed by atoms with van der Waals surface area (Å²) in [5.41, 5.74) is 2.45. The van der Waals surface area contributed by atoms with E-state index in [0.717, 1.165) is 36.8 Å². The summed E-state index contributed by atoms with van der Waals surface area (Å²) in [5.74, 6) is -0.625. The van der Waals surface area contributed by atoms with Gasteiger partial charge in [-0.15, -0.1) is 0 Å². The molecule has 2 aromatic rings. The highest BCUT2D eigenvalue weighted by Gasteiger charge is 2.48. The highest BCUT2D eigenvalue weighted by atomic mass is 16.7. The maximum absolute atomic E-state index is 13.7. The van der Waals surface area contributed by atoms with Gasteiger partial charge in [-0.05, 0) is 48.6 Å². The van der Waals surface area contributed by atoms with Gasteiger partial charge in [-0.2, -0.15) is 0 Å². The second-order valence-electron chi connectivity index (χ2n) is 11.7. The predicted octanol–water partition coefficient (Wildman–Crippen LogP) is 4.37. The summed E-state index contributed by atoms with van der Waals surface area (Å²) in [6.07, 6.45) is 4.26. The molecule has 3 aliphatic heterocycles. The third kappa shape index (κ3) is 6.44. The molecule has 1 saturated heterocycles. The number of methoxy groups -OCH3 is 1. The fraction of sp³-hybridized carbons (Fsp3) is 0.545. The van der Waals surface area contributed by atoms with Crippen molar-refractivity contribution in [3.8, 4) is 17.2 Å². The zero-order valence-electron chi connectivity index (χ0n) is 25.4. The summed E-state index contributed by atoms with van der Waals surface area (Å²) in [6, 6.07) is 10.8. The number of likely N-dealkylation sites (tertiary alicyclic amines) is 1. The molecular formula is C33H43N3O7. The van der Waals surface area contributed by atoms with Crippen LogP contribution in [0.1, 0.15) is 73.4 Å². The standard InChI is InChI=1S/C33H43N3O7/c1-4-6-13-34(14-7-5-2)29(37)20-36-19-25(23-16-27(41-3)31-28(17-23)42-21-43-31)30(33(39)40)26(36)12-15-35-18-22-10-8-9-11-24(22)32(35)38/h8-11,16-17,25-26,30H,4-7,12-15,18-21H2,1-3H3,(H,39,40)/t25-,26+,30-/m1/s1. The maximum atomic E-state index is 13.7. The van der Waals surface area contributed by atoms with Crippen LogP contribution in [0.15, 0.2) is 36.4 Å². The Morgan fingerprint density at radius 1 is 1.09 bits per heavy atom. The Morgan fingerprint density at radius 3 is 2.51 bits per heavy atom. The monoisotopic (exact) mass is 593 g/mol. The van der Waals surface area contributed by atoms with Crippen LogP contribution < -0.4 is 14.2 Å². The van der Waals surface area contributed by atoms with Crippen molar-refractivity contribution in [3.05, 3.63) is 53.1 Å². The van der Waals surface area contributed by atoms with Crippen LogP contribution in [0.25, 0.3) is 0 Å². The van der Waals surface area contributed by atoms with E-state index in [2.05, 4.69) is 13.8 Å². The smallest absolute Gasteiger partial charge is 0.308 e. The summed E-state index contributed by atoms with van der Waals surface area (Å²) < 4.78 is 16.8. The molecule has 0 spiro atoms. The molecule has 5 rings (SSSR count). The number of hydrogen-bond acceptors (Lipinski definition) is 7. The van der Waals surface area contributed by atoms with Crippen molar-refractivity contribution < 1.29 is 33.7 Å². The van der Waals surface area contributed by atoms with E-state index in [1.807, 2.05) is 46.2 Å². The van der Waals surface area contributed by atoms with E-state index in [1.54, 1.807) is 12.0 Å². The minimum Gasteiger partial charge on any atom is -0.493 e. The Labute approximate surface area is 253 Å². The molecule has 1 N–H and O–H groups in total. The van der Waals surface area contributed by atoms with Crippen molar-refractivity contribution in [1.29, 1.82) is 0 Å². The first-order valence-corrected chi connectivity index (χ1v) is 15.5. The molecule has 0 aliphatic carbocycles. The van der Waals surface area contributed by atoms with E-state index in [4.69, 9.17) is 14.2 Å². The molecule has 3 heterocycles. The molecule has 0 radical (unpaired) electrons. The van der Waals surface area contributed by atoms with Crippen molar-refractivity contribution >= 4 is 17.8 Å². The van der Waals surface area contributed by atoms with Gasteiger partial charge in [-0.3, -0.25) is 19.3 Å². The summed E-state index contributed by atoms with van der Waals surface area (Å²) in [6.45, 7) is 7.11. The first kappa shape index (κ1) is 30.7. The average Bonchev–Trinajstić information content (AvgIpc) is 3.71. The number of hydrogen-bond donors (Lipinski definition) is 1. The van der Waals surface area contributed by atoms with Gasteiger partial charge in [0.1, 0.15) is 0 Å². The highest BCUT2D eigenvalue weighted by Crippen LogP contribution is 2.47. The number of fused-ring (bicyclic) bond motifs is 2. The summed E-state index contributed by atoms with van der Waals surface area (Å²) in [7, 11) is 1.55. The van der Waals surface area contributed by atoms with Gasteiger partial charge in [-0.25, -0.2) is 0 Å². The number of aliphatic carboxylic acids is 1. The topological polar surface area (TPSA) is 109 Å². The molecule has 3 atom stereocenters. The second kappa shape index (κ2) is 13.7. The first-order chi connectivity index (χ1) is 20.9. The van der Waals surface area contributed by atoms with Crippen LogP contribution in [0.5, 0.6) is 17.2 Å². The van der Waals surface area contributed by atoms with Crippen LogP contribution >= 0.6 is 0 Å². The normalized spacial score (nSPS) is 20.9. The summed E-state index contributed by atoms with van der Waals surface area (Å²) in [4.78, 5) is 45.6. The highest BCUT2D eigenvalue weighted by molar-refractivity contribution is 5.98. The van der Waals surface area contributed by atoms with Gasteiger partial charge in [0.15, 0.2) is 11.5 Å². The van der Waals surface area contributed by atoms with Gasteiger partial charge in [0.05, 0.1) is 19.6 Å². The van der Waals surface area contributed by atoms with Gasteiger partial charge in [0, 0.05) is 50.2 Å². The predicted molar refractivity (Wildman–Crippen MR) is 161 cm³/mol. The molecule has 0 aromatic heterocycles. The number of amides is 2. The number of carboxylic acids is 1. The van der Waals surface area contributed by atoms with E-state index in [9.17, 15) is 19.5 Å². The van der Waals surface area contributed by atoms with Crippen molar-refractivity contribution in [2.45, 2.75) is 64.5 Å². The number of carbonyl (C=O) groups excluding carboxylic acids is 2. The fourth-order valence-electron chi connectivity index (χ4n) is 6.67. The van der Waals surface area contributed by atoms with Crippen LogP contribution in [-0.4, -0.2) is 90.3 Å². The van der Waals surface area contributed by atoms with Crippen LogP contribution in [0, 0.1) is 5.92 Å². The quantitative estimate of drug-likeness (QED) is 0.344. The number of benzene rings is 2. The second-order valence-corrected chi connectivity index (χ2v) is 11.7. The number of carbonyl (C=O) groups is 3. The average molecular weight is 594 g/mol. The van der Waals surface area contributed by atoms with Crippen LogP contribution in [0.2, 0.25) is 0 Å². The third-order valence-corrected chi connectivity index (χ3v) is 8.99. The lowest BCUT2D eigenvalue weighted by atomic mass is 9.84. The lowest BCUT2D eigenvalue weighted by Crippen LogP contribution is -2.45. The van der Waals surface area contributed by atoms with Crippen LogP contribution in [-0.2, 0) is 16.1 Å². The molecule has 2 aromatic carbocycles. The number of nitrogens with zero attached hydrogens (tertiary/aromatic N) is 3. The number of ether oxygens (including phenoxy) is 3. The van der Waals surface area contributed by atoms with Crippen LogP contribution in [0.3, 0.4) is 0 Å². The molecule has 2 amide bonds. The van der Waals surface area contributed by atoms with Gasteiger partial charge in [0.2, 0.25) is 18.4 Å². The molecule has 0 unspecified atom stereocenters.